The molecule has 0 saturated heterocycles. The van der Waals surface area contributed by atoms with Crippen LogP contribution in [0.25, 0.3) is 0 Å². The van der Waals surface area contributed by atoms with Crippen molar-refractivity contribution in [2.24, 2.45) is 0 Å². The van der Waals surface area contributed by atoms with Crippen molar-refractivity contribution in [3.8, 4) is 0 Å². The van der Waals surface area contributed by atoms with Crippen LogP contribution >= 0.6 is 0 Å². The zero-order valence-corrected chi connectivity index (χ0v) is 27.1. The third-order valence-corrected chi connectivity index (χ3v) is 8.22. The zero-order chi connectivity index (χ0) is 29.7. The minimum atomic E-state index is -0.917. The first-order valence-corrected chi connectivity index (χ1v) is 17.0. The first-order chi connectivity index (χ1) is 19.4. The summed E-state index contributed by atoms with van der Waals surface area (Å²) >= 11 is 0. The number of hydrogen-bond acceptors (Lipinski definition) is 6. The monoisotopic (exact) mass is 570 g/mol. The Kier molecular flexibility index (Phi) is 27.2. The molecule has 6 nitrogen and oxygen atoms in total. The lowest BCUT2D eigenvalue weighted by Crippen LogP contribution is -2.55. The van der Waals surface area contributed by atoms with Gasteiger partial charge in [-0.2, -0.15) is 0 Å². The van der Waals surface area contributed by atoms with Crippen molar-refractivity contribution >= 4 is 11.9 Å². The molecule has 40 heavy (non-hydrogen) atoms. The number of esters is 2. The maximum atomic E-state index is 12.3. The summed E-state index contributed by atoms with van der Waals surface area (Å²) in [6.07, 6.45) is 28.0. The number of carbonyl (C=O) groups is 2. The molecule has 0 spiro atoms. The number of likely N-dealkylation sites (N-methyl/N-ethyl adjacent to an activating group) is 1. The smallest absolute Gasteiger partial charge is 0.305 e. The van der Waals surface area contributed by atoms with Crippen LogP contribution in [0.2, 0.25) is 0 Å². The maximum absolute atomic E-state index is 12.3. The fourth-order valence-electron chi connectivity index (χ4n) is 4.97. The molecule has 0 fully saturated rings. The van der Waals surface area contributed by atoms with Crippen molar-refractivity contribution in [3.05, 3.63) is 0 Å². The lowest BCUT2D eigenvalue weighted by atomic mass is 10.0. The summed E-state index contributed by atoms with van der Waals surface area (Å²) in [6, 6.07) is 0. The van der Waals surface area contributed by atoms with E-state index in [2.05, 4.69) is 13.8 Å². The minimum absolute atomic E-state index is 0.0130. The van der Waals surface area contributed by atoms with Gasteiger partial charge in [0, 0.05) is 12.8 Å². The summed E-state index contributed by atoms with van der Waals surface area (Å²) in [6.45, 7) is 4.27. The topological polar surface area (TPSA) is 76.1 Å². The second-order valence-corrected chi connectivity index (χ2v) is 12.2. The van der Waals surface area contributed by atoms with E-state index in [-0.39, 0.29) is 31.8 Å². The molecule has 1 N–H and O–H groups in total. The standard InChI is InChI=1S/C34H67NO5/c1-5-7-9-11-13-15-17-19-21-23-25-27-32(37)39-30-34(29-36,35(3)4)31-40-33(38)28-26-24-22-20-18-16-14-12-10-8-6-2/h36H,5-31H2,1-4H3. The molecule has 6 heteroatoms. The molecule has 0 radical (unpaired) electrons. The van der Waals surface area contributed by atoms with Gasteiger partial charge in [-0.15, -0.1) is 0 Å². The Morgan fingerprint density at radius 3 is 1.05 bits per heavy atom. The van der Waals surface area contributed by atoms with Crippen molar-refractivity contribution in [1.29, 1.82) is 0 Å². The zero-order valence-electron chi connectivity index (χ0n) is 27.1. The van der Waals surface area contributed by atoms with Gasteiger partial charge in [0.2, 0.25) is 0 Å². The molecule has 0 heterocycles. The van der Waals surface area contributed by atoms with E-state index in [4.69, 9.17) is 9.47 Å². The van der Waals surface area contributed by atoms with Crippen LogP contribution < -0.4 is 0 Å². The summed E-state index contributed by atoms with van der Waals surface area (Å²) in [5.74, 6) is -0.495. The van der Waals surface area contributed by atoms with Crippen LogP contribution in [0.1, 0.15) is 168 Å². The highest BCUT2D eigenvalue weighted by Crippen LogP contribution is 2.17. The van der Waals surface area contributed by atoms with Gasteiger partial charge in [-0.1, -0.05) is 142 Å². The summed E-state index contributed by atoms with van der Waals surface area (Å²) in [4.78, 5) is 26.4. The summed E-state index contributed by atoms with van der Waals surface area (Å²) in [5.41, 5.74) is -0.917. The van der Waals surface area contributed by atoms with Crippen LogP contribution in [0.5, 0.6) is 0 Å². The molecule has 0 rings (SSSR count). The highest BCUT2D eigenvalue weighted by Gasteiger charge is 2.35. The second kappa shape index (κ2) is 28.0. The Morgan fingerprint density at radius 1 is 0.525 bits per heavy atom. The fraction of sp³-hybridized carbons (Fsp3) is 0.941. The van der Waals surface area contributed by atoms with Crippen molar-refractivity contribution in [2.75, 3.05) is 33.9 Å². The lowest BCUT2D eigenvalue weighted by molar-refractivity contribution is -0.157. The van der Waals surface area contributed by atoms with E-state index in [1.807, 2.05) is 14.1 Å². The number of rotatable bonds is 30. The van der Waals surface area contributed by atoms with Gasteiger partial charge >= 0.3 is 11.9 Å². The Bertz CT molecular complexity index is 539. The summed E-state index contributed by atoms with van der Waals surface area (Å²) in [7, 11) is 3.62. The number of carbonyl (C=O) groups excluding carboxylic acids is 2. The van der Waals surface area contributed by atoms with Gasteiger partial charge in [0.1, 0.15) is 18.8 Å². The first-order valence-electron chi connectivity index (χ1n) is 17.0. The van der Waals surface area contributed by atoms with Crippen molar-refractivity contribution in [2.45, 2.75) is 173 Å². The Hall–Kier alpha value is -1.14. The minimum Gasteiger partial charge on any atom is -0.463 e. The lowest BCUT2D eigenvalue weighted by Gasteiger charge is -2.36. The van der Waals surface area contributed by atoms with Gasteiger partial charge in [0.25, 0.3) is 0 Å². The normalized spacial score (nSPS) is 11.8. The summed E-state index contributed by atoms with van der Waals surface area (Å²) < 4.78 is 11.0. The Morgan fingerprint density at radius 2 is 0.800 bits per heavy atom. The van der Waals surface area contributed by atoms with Gasteiger partial charge in [-0.25, -0.2) is 0 Å². The quantitative estimate of drug-likeness (QED) is 0.0688. The first kappa shape index (κ1) is 38.9. The SMILES string of the molecule is CCCCCCCCCCCCCC(=O)OCC(CO)(COC(=O)CCCCCCCCCCCCC)N(C)C. The third kappa shape index (κ3) is 22.5. The van der Waals surface area contributed by atoms with Crippen molar-refractivity contribution in [1.82, 2.24) is 4.90 Å². The van der Waals surface area contributed by atoms with E-state index >= 15 is 0 Å². The number of hydrogen-bond donors (Lipinski definition) is 1. The van der Waals surface area contributed by atoms with Gasteiger partial charge in [0.15, 0.2) is 0 Å². The molecule has 238 valence electrons. The maximum Gasteiger partial charge on any atom is 0.305 e. The van der Waals surface area contributed by atoms with Crippen LogP contribution in [0.3, 0.4) is 0 Å². The molecule has 0 aromatic heterocycles. The average Bonchev–Trinajstić information content (AvgIpc) is 2.94. The molecule has 0 amide bonds. The molecule has 0 aliphatic rings. The van der Waals surface area contributed by atoms with Crippen molar-refractivity contribution in [3.63, 3.8) is 0 Å². The predicted octanol–water partition coefficient (Wildman–Crippen LogP) is 8.77. The number of aliphatic hydroxyl groups excluding tert-OH is 1. The van der Waals surface area contributed by atoms with E-state index in [1.165, 1.54) is 103 Å². The third-order valence-electron chi connectivity index (χ3n) is 8.22. The van der Waals surface area contributed by atoms with Gasteiger partial charge in [-0.05, 0) is 26.9 Å². The molecule has 0 bridgehead atoms. The van der Waals surface area contributed by atoms with Crippen LogP contribution in [0.15, 0.2) is 0 Å². The highest BCUT2D eigenvalue weighted by molar-refractivity contribution is 5.70. The Labute approximate surface area is 248 Å². The van der Waals surface area contributed by atoms with Crippen LogP contribution in [-0.4, -0.2) is 61.4 Å². The van der Waals surface area contributed by atoms with E-state index in [0.717, 1.165) is 38.5 Å². The highest BCUT2D eigenvalue weighted by atomic mass is 16.6. The van der Waals surface area contributed by atoms with Crippen LogP contribution in [0, 0.1) is 0 Å². The van der Waals surface area contributed by atoms with Crippen molar-refractivity contribution < 1.29 is 24.2 Å². The van der Waals surface area contributed by atoms with Gasteiger partial charge < -0.3 is 14.6 Å². The van der Waals surface area contributed by atoms with Crippen LogP contribution in [0.4, 0.5) is 0 Å². The van der Waals surface area contributed by atoms with E-state index in [9.17, 15) is 14.7 Å². The molecular formula is C34H67NO5. The number of nitrogens with zero attached hydrogens (tertiary/aromatic N) is 1. The number of ether oxygens (including phenoxy) is 2. The van der Waals surface area contributed by atoms with E-state index in [0.29, 0.717) is 12.8 Å². The van der Waals surface area contributed by atoms with Gasteiger partial charge in [-0.3, -0.25) is 14.5 Å². The molecule has 0 saturated carbocycles. The molecule has 0 unspecified atom stereocenters. The molecule has 0 aromatic rings. The fourth-order valence-corrected chi connectivity index (χ4v) is 4.97. The van der Waals surface area contributed by atoms with Crippen LogP contribution in [-0.2, 0) is 19.1 Å². The number of unbranched alkanes of at least 4 members (excludes halogenated alkanes) is 20. The summed E-state index contributed by atoms with van der Waals surface area (Å²) in [5, 5.41) is 10.1. The van der Waals surface area contributed by atoms with E-state index < -0.39 is 5.54 Å². The largest absolute Gasteiger partial charge is 0.463 e. The molecule has 0 aliphatic heterocycles. The second-order valence-electron chi connectivity index (χ2n) is 12.2. The Balaban J connectivity index is 3.98. The van der Waals surface area contributed by atoms with E-state index in [1.54, 1.807) is 4.90 Å². The molecule has 0 aromatic carbocycles. The predicted molar refractivity (Wildman–Crippen MR) is 168 cm³/mol. The average molecular weight is 570 g/mol. The molecular weight excluding hydrogens is 502 g/mol. The molecule has 0 aliphatic carbocycles. The number of aliphatic hydroxyl groups is 1. The van der Waals surface area contributed by atoms with Gasteiger partial charge in [0.05, 0.1) is 6.61 Å². The molecule has 0 atom stereocenters.